The van der Waals surface area contributed by atoms with Gasteiger partial charge in [0.1, 0.15) is 15.6 Å². The molecule has 1 atom stereocenters. The summed E-state index contributed by atoms with van der Waals surface area (Å²) < 4.78 is 95.1. The number of hydrogen-bond acceptors (Lipinski definition) is 6. The van der Waals surface area contributed by atoms with Gasteiger partial charge in [0.05, 0.1) is 22.4 Å². The minimum Gasteiger partial charge on any atom is -0.434 e. The number of rotatable bonds is 10. The van der Waals surface area contributed by atoms with Crippen molar-refractivity contribution in [1.29, 1.82) is 0 Å². The molecule has 1 saturated carbocycles. The molecule has 1 aliphatic carbocycles. The molecule has 0 bridgehead atoms. The van der Waals surface area contributed by atoms with Gasteiger partial charge in [0.25, 0.3) is 5.91 Å². The molecule has 0 spiro atoms. The highest BCUT2D eigenvalue weighted by atomic mass is 32.2. The average Bonchev–Trinajstić information content (AvgIpc) is 3.17. The Morgan fingerprint density at radius 1 is 1.23 bits per heavy atom. The van der Waals surface area contributed by atoms with Crippen LogP contribution in [0.3, 0.4) is 0 Å². The predicted octanol–water partition coefficient (Wildman–Crippen LogP) is 4.95. The van der Waals surface area contributed by atoms with Crippen LogP contribution in [-0.2, 0) is 22.8 Å². The highest BCUT2D eigenvalue weighted by Crippen LogP contribution is 2.36. The van der Waals surface area contributed by atoms with Crippen LogP contribution in [0.15, 0.2) is 12.3 Å². The number of amides is 1. The second-order valence-electron chi connectivity index (χ2n) is 10.0. The first-order valence-electron chi connectivity index (χ1n) is 12.7. The number of aryl methyl sites for hydroxylation is 1. The summed E-state index contributed by atoms with van der Waals surface area (Å²) >= 11 is 0. The summed E-state index contributed by atoms with van der Waals surface area (Å²) in [7, 11) is -3.10. The lowest BCUT2D eigenvalue weighted by molar-refractivity contribution is -0.169. The fourth-order valence-corrected chi connectivity index (χ4v) is 5.94. The fraction of sp³-hybridized carbons (Fsp3) is 0.640. The van der Waals surface area contributed by atoms with Gasteiger partial charge in [-0.1, -0.05) is 6.92 Å². The number of aromatic nitrogens is 3. The normalized spacial score (nSPS) is 19.2. The number of ether oxygens (including phenoxy) is 1. The van der Waals surface area contributed by atoms with Gasteiger partial charge in [0, 0.05) is 49.3 Å². The van der Waals surface area contributed by atoms with E-state index in [2.05, 4.69) is 20.1 Å². The quantitative estimate of drug-likeness (QED) is 0.399. The summed E-state index contributed by atoms with van der Waals surface area (Å²) in [6.45, 7) is 1.65. The van der Waals surface area contributed by atoms with Crippen molar-refractivity contribution in [2.75, 3.05) is 12.8 Å². The van der Waals surface area contributed by atoms with Crippen molar-refractivity contribution in [3.63, 3.8) is 0 Å². The Bertz CT molecular complexity index is 1270. The van der Waals surface area contributed by atoms with E-state index in [4.69, 9.17) is 0 Å². The molecule has 218 valence electrons. The average molecular weight is 581 g/mol. The lowest BCUT2D eigenvalue weighted by Crippen LogP contribution is -2.34. The van der Waals surface area contributed by atoms with E-state index < -0.39 is 40.9 Å². The van der Waals surface area contributed by atoms with Crippen molar-refractivity contribution >= 4 is 15.7 Å². The van der Waals surface area contributed by atoms with Gasteiger partial charge in [-0.2, -0.15) is 27.1 Å². The molecule has 0 radical (unpaired) electrons. The number of nitrogens with one attached hydrogen (secondary N) is 1. The molecule has 2 aromatic heterocycles. The smallest absolute Gasteiger partial charge is 0.391 e. The molecule has 1 N–H and O–H groups in total. The van der Waals surface area contributed by atoms with E-state index in [0.29, 0.717) is 37.8 Å². The van der Waals surface area contributed by atoms with Crippen LogP contribution >= 0.6 is 0 Å². The van der Waals surface area contributed by atoms with Gasteiger partial charge in [-0.15, -0.1) is 0 Å². The van der Waals surface area contributed by atoms with E-state index in [1.807, 2.05) is 0 Å². The van der Waals surface area contributed by atoms with Crippen LogP contribution < -0.4 is 10.1 Å². The summed E-state index contributed by atoms with van der Waals surface area (Å²) in [5.74, 6) is -2.47. The Hall–Kier alpha value is -2.77. The van der Waals surface area contributed by atoms with Gasteiger partial charge < -0.3 is 10.1 Å². The van der Waals surface area contributed by atoms with Crippen LogP contribution in [0, 0.1) is 18.8 Å². The second-order valence-corrected chi connectivity index (χ2v) is 12.3. The minimum absolute atomic E-state index is 0.0643. The van der Waals surface area contributed by atoms with Crippen molar-refractivity contribution in [2.24, 2.45) is 11.8 Å². The van der Waals surface area contributed by atoms with Crippen LogP contribution in [0.1, 0.15) is 61.3 Å². The standard InChI is InChI=1S/C25H33F5N4O4S/c1-5-34-22(19-13-31-17(10-14(2)25(28,29)30)11-20(19)38-24(26)27)15(3)21(33-34)23(35)32-12-16-6-8-18(9-7-16)39(4,36)37/h11,13-14,16,18,24H,5-10,12H2,1-4H3,(H,32,35)/t14-,16-,18-/m1/s1. The second kappa shape index (κ2) is 12.2. The van der Waals surface area contributed by atoms with Gasteiger partial charge in [0.2, 0.25) is 0 Å². The van der Waals surface area contributed by atoms with Crippen molar-refractivity contribution in [1.82, 2.24) is 20.1 Å². The summed E-state index contributed by atoms with van der Waals surface area (Å²) in [6.07, 6.45) is -0.223. The Morgan fingerprint density at radius 3 is 2.41 bits per heavy atom. The van der Waals surface area contributed by atoms with Crippen LogP contribution in [0.4, 0.5) is 22.0 Å². The maximum atomic E-state index is 13.2. The van der Waals surface area contributed by atoms with Crippen LogP contribution in [0.2, 0.25) is 0 Å². The molecule has 0 unspecified atom stereocenters. The molecular weight excluding hydrogens is 547 g/mol. The summed E-state index contributed by atoms with van der Waals surface area (Å²) in [6, 6.07) is 1.06. The van der Waals surface area contributed by atoms with Crippen molar-refractivity contribution < 1.29 is 39.9 Å². The molecule has 39 heavy (non-hydrogen) atoms. The molecule has 0 aromatic carbocycles. The number of sulfone groups is 1. The Morgan fingerprint density at radius 2 is 1.87 bits per heavy atom. The van der Waals surface area contributed by atoms with Crippen LogP contribution in [0.25, 0.3) is 11.3 Å². The molecule has 1 fully saturated rings. The summed E-state index contributed by atoms with van der Waals surface area (Å²) in [5.41, 5.74) is 0.725. The maximum absolute atomic E-state index is 13.2. The number of alkyl halides is 5. The SMILES string of the molecule is CCn1nc(C(=O)NC[C@H]2CC[C@H](S(C)(=O)=O)CC2)c(C)c1-c1cnc(C[C@@H](C)C(F)(F)F)cc1OC(F)F. The monoisotopic (exact) mass is 580 g/mol. The predicted molar refractivity (Wildman–Crippen MR) is 134 cm³/mol. The number of hydrogen-bond donors (Lipinski definition) is 1. The van der Waals surface area contributed by atoms with Gasteiger partial charge in [-0.3, -0.25) is 14.5 Å². The van der Waals surface area contributed by atoms with Gasteiger partial charge in [-0.05, 0) is 45.4 Å². The number of carbonyl (C=O) groups excluding carboxylic acids is 1. The van der Waals surface area contributed by atoms with Crippen molar-refractivity contribution in [3.8, 4) is 17.0 Å². The molecule has 0 saturated heterocycles. The molecule has 2 heterocycles. The van der Waals surface area contributed by atoms with E-state index >= 15 is 0 Å². The minimum atomic E-state index is -4.48. The third-order valence-corrected chi connectivity index (χ3v) is 8.80. The Kier molecular flexibility index (Phi) is 9.60. The number of carbonyl (C=O) groups is 1. The Balaban J connectivity index is 1.83. The van der Waals surface area contributed by atoms with Gasteiger partial charge in [0.15, 0.2) is 5.69 Å². The number of halogens is 5. The number of nitrogens with zero attached hydrogens (tertiary/aromatic N) is 3. The highest BCUT2D eigenvalue weighted by molar-refractivity contribution is 7.91. The molecule has 1 aliphatic rings. The molecule has 2 aromatic rings. The molecule has 3 rings (SSSR count). The molecular formula is C25H33F5N4O4S. The van der Waals surface area contributed by atoms with E-state index in [1.165, 1.54) is 10.9 Å². The lowest BCUT2D eigenvalue weighted by atomic mass is 9.89. The third kappa shape index (κ3) is 7.67. The fourth-order valence-electron chi connectivity index (χ4n) is 4.81. The third-order valence-electron chi connectivity index (χ3n) is 7.12. The Labute approximate surface area is 224 Å². The molecule has 0 aliphatic heterocycles. The molecule has 14 heteroatoms. The van der Waals surface area contributed by atoms with Crippen LogP contribution in [-0.4, -0.2) is 59.9 Å². The molecule has 1 amide bonds. The summed E-state index contributed by atoms with van der Waals surface area (Å²) in [4.78, 5) is 17.1. The lowest BCUT2D eigenvalue weighted by Gasteiger charge is -2.27. The topological polar surface area (TPSA) is 103 Å². The first-order valence-corrected chi connectivity index (χ1v) is 14.6. The zero-order valence-corrected chi connectivity index (χ0v) is 23.0. The van der Waals surface area contributed by atoms with Gasteiger partial charge in [-0.25, -0.2) is 8.42 Å². The van der Waals surface area contributed by atoms with Gasteiger partial charge >= 0.3 is 12.8 Å². The van der Waals surface area contributed by atoms with Crippen molar-refractivity contribution in [2.45, 2.75) is 77.5 Å². The van der Waals surface area contributed by atoms with E-state index in [1.54, 1.807) is 13.8 Å². The summed E-state index contributed by atoms with van der Waals surface area (Å²) in [5, 5.41) is 6.81. The van der Waals surface area contributed by atoms with E-state index in [-0.39, 0.29) is 46.1 Å². The van der Waals surface area contributed by atoms with Crippen molar-refractivity contribution in [3.05, 3.63) is 29.2 Å². The van der Waals surface area contributed by atoms with Crippen LogP contribution in [0.5, 0.6) is 5.75 Å². The zero-order chi connectivity index (χ0) is 29.1. The molecule has 8 nitrogen and oxygen atoms in total. The van der Waals surface area contributed by atoms with E-state index in [9.17, 15) is 35.2 Å². The van der Waals surface area contributed by atoms with E-state index in [0.717, 1.165) is 19.2 Å². The first-order chi connectivity index (χ1) is 18.1. The maximum Gasteiger partial charge on any atom is 0.391 e. The zero-order valence-electron chi connectivity index (χ0n) is 22.2. The first kappa shape index (κ1) is 30.8. The largest absolute Gasteiger partial charge is 0.434 e. The highest BCUT2D eigenvalue weighted by Gasteiger charge is 2.36. The number of pyridine rings is 1.